The van der Waals surface area contributed by atoms with Crippen molar-refractivity contribution < 1.29 is 14.7 Å². The fourth-order valence-corrected chi connectivity index (χ4v) is 3.11. The van der Waals surface area contributed by atoms with Crippen molar-refractivity contribution in [1.82, 2.24) is 4.98 Å². The number of Topliss-reactive ketones (excluding diaryl/α,β-unsaturated/α-hetero) is 1. The molecule has 5 nitrogen and oxygen atoms in total. The maximum atomic E-state index is 11.4. The molecule has 1 N–H and O–H groups in total. The van der Waals surface area contributed by atoms with Gasteiger partial charge in [-0.25, -0.2) is 9.78 Å². The number of hydrogen-bond acceptors (Lipinski definition) is 6. The van der Waals surface area contributed by atoms with Crippen LogP contribution in [0.3, 0.4) is 0 Å². The summed E-state index contributed by atoms with van der Waals surface area (Å²) in [4.78, 5) is 28.7. The van der Waals surface area contributed by atoms with Gasteiger partial charge in [-0.2, -0.15) is 11.8 Å². The summed E-state index contributed by atoms with van der Waals surface area (Å²) in [5, 5.41) is 9.64. The van der Waals surface area contributed by atoms with Crippen LogP contribution in [0.25, 0.3) is 0 Å². The second kappa shape index (κ2) is 6.91. The number of anilines is 1. The number of aromatic nitrogens is 1. The van der Waals surface area contributed by atoms with Crippen LogP contribution in [0.15, 0.2) is 0 Å². The van der Waals surface area contributed by atoms with Crippen molar-refractivity contribution in [2.24, 2.45) is 0 Å². The third-order valence-corrected chi connectivity index (χ3v) is 4.73. The number of carboxylic acids is 1. The second-order valence-electron chi connectivity index (χ2n) is 4.28. The van der Waals surface area contributed by atoms with E-state index in [0.717, 1.165) is 23.5 Å². The first-order valence-corrected chi connectivity index (χ1v) is 8.06. The van der Waals surface area contributed by atoms with E-state index in [1.807, 2.05) is 18.2 Å². The van der Waals surface area contributed by atoms with Crippen molar-refractivity contribution >= 4 is 40.0 Å². The smallest absolute Gasteiger partial charge is 0.356 e. The van der Waals surface area contributed by atoms with Crippen LogP contribution in [0.5, 0.6) is 0 Å². The lowest BCUT2D eigenvalue weighted by atomic mass is 10.2. The van der Waals surface area contributed by atoms with Crippen molar-refractivity contribution in [1.29, 1.82) is 0 Å². The van der Waals surface area contributed by atoms with Crippen LogP contribution in [0, 0.1) is 0 Å². The third kappa shape index (κ3) is 3.94. The Labute approximate surface area is 121 Å². The first kappa shape index (κ1) is 16.0. The number of aromatic carboxylic acids is 1. The van der Waals surface area contributed by atoms with Gasteiger partial charge in [0.15, 0.2) is 16.6 Å². The number of nitrogens with zero attached hydrogens (tertiary/aromatic N) is 2. The molecule has 0 aliphatic carbocycles. The molecule has 1 aromatic rings. The Kier molecular flexibility index (Phi) is 5.81. The number of carboxylic acid groups (broad SMARTS) is 1. The monoisotopic (exact) mass is 302 g/mol. The molecule has 0 aliphatic rings. The highest BCUT2D eigenvalue weighted by Crippen LogP contribution is 2.28. The Morgan fingerprint density at radius 1 is 1.53 bits per heavy atom. The normalized spacial score (nSPS) is 12.2. The van der Waals surface area contributed by atoms with Crippen molar-refractivity contribution in [3.05, 3.63) is 10.6 Å². The Hall–Kier alpha value is -1.08. The SMILES string of the molecule is CSCCC(C)N(C)c1nc(C(=O)O)c(C(C)=O)s1. The minimum atomic E-state index is -1.15. The van der Waals surface area contributed by atoms with E-state index < -0.39 is 5.97 Å². The highest BCUT2D eigenvalue weighted by molar-refractivity contribution is 7.98. The lowest BCUT2D eigenvalue weighted by Gasteiger charge is -2.23. The molecule has 7 heteroatoms. The number of carbonyl (C=O) groups excluding carboxylic acids is 1. The number of hydrogen-bond donors (Lipinski definition) is 1. The lowest BCUT2D eigenvalue weighted by Crippen LogP contribution is -2.29. The summed E-state index contributed by atoms with van der Waals surface area (Å²) < 4.78 is 0. The molecule has 19 heavy (non-hydrogen) atoms. The Bertz CT molecular complexity index is 442. The number of carbonyl (C=O) groups is 2. The summed E-state index contributed by atoms with van der Waals surface area (Å²) in [6.45, 7) is 3.42. The van der Waals surface area contributed by atoms with Gasteiger partial charge in [-0.05, 0) is 25.4 Å². The minimum absolute atomic E-state index is 0.142. The van der Waals surface area contributed by atoms with Crippen LogP contribution in [-0.4, -0.2) is 46.9 Å². The van der Waals surface area contributed by atoms with E-state index in [1.54, 1.807) is 11.8 Å². The molecule has 0 spiro atoms. The molecule has 1 atom stereocenters. The van der Waals surface area contributed by atoms with Crippen molar-refractivity contribution in [3.8, 4) is 0 Å². The topological polar surface area (TPSA) is 70.5 Å². The van der Waals surface area contributed by atoms with Crippen LogP contribution < -0.4 is 4.90 Å². The first-order chi connectivity index (χ1) is 8.88. The standard InChI is InChI=1S/C12H18N2O3S2/c1-7(5-6-18-4)14(3)12-13-9(11(16)17)10(19-12)8(2)15/h7H,5-6H2,1-4H3,(H,16,17). The summed E-state index contributed by atoms with van der Waals surface area (Å²) >= 11 is 2.91. The van der Waals surface area contributed by atoms with E-state index in [-0.39, 0.29) is 22.4 Å². The van der Waals surface area contributed by atoms with Crippen molar-refractivity contribution in [3.63, 3.8) is 0 Å². The van der Waals surface area contributed by atoms with Crippen LogP contribution in [0.4, 0.5) is 5.13 Å². The summed E-state index contributed by atoms with van der Waals surface area (Å²) in [5.74, 6) is -0.383. The van der Waals surface area contributed by atoms with E-state index in [2.05, 4.69) is 11.9 Å². The molecule has 0 aliphatic heterocycles. The Morgan fingerprint density at radius 2 is 2.16 bits per heavy atom. The molecule has 1 heterocycles. The third-order valence-electron chi connectivity index (χ3n) is 2.84. The first-order valence-electron chi connectivity index (χ1n) is 5.85. The lowest BCUT2D eigenvalue weighted by molar-refractivity contribution is 0.0687. The van der Waals surface area contributed by atoms with Gasteiger partial charge in [0.05, 0.1) is 0 Å². The van der Waals surface area contributed by atoms with E-state index in [0.29, 0.717) is 5.13 Å². The fourth-order valence-electron chi connectivity index (χ4n) is 1.51. The molecule has 0 bridgehead atoms. The number of thioether (sulfide) groups is 1. The summed E-state index contributed by atoms with van der Waals surface area (Å²) in [6.07, 6.45) is 3.03. The molecule has 0 fully saturated rings. The van der Waals surface area contributed by atoms with Gasteiger partial charge in [0.25, 0.3) is 0 Å². The maximum absolute atomic E-state index is 11.4. The maximum Gasteiger partial charge on any atom is 0.356 e. The predicted molar refractivity (Wildman–Crippen MR) is 79.9 cm³/mol. The average molecular weight is 302 g/mol. The molecule has 1 rings (SSSR count). The molecule has 0 amide bonds. The zero-order valence-electron chi connectivity index (χ0n) is 11.5. The largest absolute Gasteiger partial charge is 0.476 e. The Morgan fingerprint density at radius 3 is 2.58 bits per heavy atom. The van der Waals surface area contributed by atoms with Gasteiger partial charge in [-0.3, -0.25) is 4.79 Å². The molecule has 0 radical (unpaired) electrons. The quantitative estimate of drug-likeness (QED) is 0.781. The average Bonchev–Trinajstić information content (AvgIpc) is 2.80. The molecule has 106 valence electrons. The van der Waals surface area contributed by atoms with Gasteiger partial charge in [0.1, 0.15) is 4.88 Å². The number of rotatable bonds is 7. The van der Waals surface area contributed by atoms with Crippen LogP contribution in [0.2, 0.25) is 0 Å². The van der Waals surface area contributed by atoms with Gasteiger partial charge in [-0.1, -0.05) is 11.3 Å². The highest BCUT2D eigenvalue weighted by Gasteiger charge is 2.23. The van der Waals surface area contributed by atoms with Gasteiger partial charge < -0.3 is 10.0 Å². The zero-order valence-corrected chi connectivity index (χ0v) is 13.1. The molecule has 1 unspecified atom stereocenters. The van der Waals surface area contributed by atoms with Crippen molar-refractivity contribution in [2.75, 3.05) is 24.0 Å². The van der Waals surface area contributed by atoms with Crippen LogP contribution in [0.1, 0.15) is 40.4 Å². The number of thiazole rings is 1. The zero-order chi connectivity index (χ0) is 14.6. The fraction of sp³-hybridized carbons (Fsp3) is 0.583. The minimum Gasteiger partial charge on any atom is -0.476 e. The van der Waals surface area contributed by atoms with Gasteiger partial charge in [0, 0.05) is 20.0 Å². The molecule has 0 aromatic carbocycles. The van der Waals surface area contributed by atoms with Gasteiger partial charge in [-0.15, -0.1) is 0 Å². The Balaban J connectivity index is 2.98. The van der Waals surface area contributed by atoms with Gasteiger partial charge in [0.2, 0.25) is 0 Å². The van der Waals surface area contributed by atoms with E-state index >= 15 is 0 Å². The molecule has 0 saturated heterocycles. The van der Waals surface area contributed by atoms with E-state index in [4.69, 9.17) is 5.11 Å². The number of ketones is 1. The predicted octanol–water partition coefficient (Wildman–Crippen LogP) is 2.62. The van der Waals surface area contributed by atoms with Crippen LogP contribution >= 0.6 is 23.1 Å². The molecular formula is C12H18N2O3S2. The summed E-state index contributed by atoms with van der Waals surface area (Å²) in [5.41, 5.74) is -0.142. The van der Waals surface area contributed by atoms with Gasteiger partial charge >= 0.3 is 5.97 Å². The van der Waals surface area contributed by atoms with E-state index in [9.17, 15) is 9.59 Å². The van der Waals surface area contributed by atoms with Crippen LogP contribution in [-0.2, 0) is 0 Å². The summed E-state index contributed by atoms with van der Waals surface area (Å²) in [6, 6.07) is 0.250. The second-order valence-corrected chi connectivity index (χ2v) is 6.24. The van der Waals surface area contributed by atoms with Crippen molar-refractivity contribution in [2.45, 2.75) is 26.3 Å². The molecule has 0 saturated carbocycles. The molecular weight excluding hydrogens is 284 g/mol. The molecule has 1 aromatic heterocycles. The van der Waals surface area contributed by atoms with E-state index in [1.165, 1.54) is 6.92 Å². The summed E-state index contributed by atoms with van der Waals surface area (Å²) in [7, 11) is 1.87. The highest BCUT2D eigenvalue weighted by atomic mass is 32.2.